The van der Waals surface area contributed by atoms with Gasteiger partial charge < -0.3 is 19.4 Å². The molecule has 0 saturated carbocycles. The van der Waals surface area contributed by atoms with Gasteiger partial charge in [-0.3, -0.25) is 0 Å². The normalized spacial score (nSPS) is 21.1. The second-order valence-electron chi connectivity index (χ2n) is 6.92. The monoisotopic (exact) mass is 374 g/mol. The van der Waals surface area contributed by atoms with Crippen LogP contribution >= 0.6 is 11.3 Å². The summed E-state index contributed by atoms with van der Waals surface area (Å²) in [6.45, 7) is 7.46. The van der Waals surface area contributed by atoms with Crippen LogP contribution in [0.5, 0.6) is 0 Å². The molecule has 140 valence electrons. The number of piperidine rings is 1. The average Bonchev–Trinajstić information content (AvgIpc) is 3.15. The van der Waals surface area contributed by atoms with Crippen molar-refractivity contribution in [2.45, 2.75) is 25.8 Å². The molecule has 4 heterocycles. The Balaban J connectivity index is 1.47. The highest BCUT2D eigenvalue weighted by atomic mass is 32.1. The van der Waals surface area contributed by atoms with Gasteiger partial charge >= 0.3 is 0 Å². The Hall–Kier alpha value is -1.93. The molecule has 1 unspecified atom stereocenters. The van der Waals surface area contributed by atoms with E-state index in [-0.39, 0.29) is 0 Å². The summed E-state index contributed by atoms with van der Waals surface area (Å²) in [6, 6.07) is 2.39. The van der Waals surface area contributed by atoms with Crippen LogP contribution in [0.2, 0.25) is 0 Å². The summed E-state index contributed by atoms with van der Waals surface area (Å²) >= 11 is 1.77. The Morgan fingerprint density at radius 3 is 2.81 bits per heavy atom. The van der Waals surface area contributed by atoms with E-state index in [1.165, 1.54) is 4.88 Å². The van der Waals surface area contributed by atoms with E-state index >= 15 is 0 Å². The number of rotatable bonds is 4. The Kier molecular flexibility index (Phi) is 5.21. The summed E-state index contributed by atoms with van der Waals surface area (Å²) in [5.74, 6) is 1.80. The van der Waals surface area contributed by atoms with E-state index in [4.69, 9.17) is 9.72 Å². The largest absolute Gasteiger partial charge is 0.378 e. The predicted molar refractivity (Wildman–Crippen MR) is 106 cm³/mol. The quantitative estimate of drug-likeness (QED) is 0.813. The lowest BCUT2D eigenvalue weighted by Gasteiger charge is -2.37. The topological polar surface area (TPSA) is 57.6 Å². The minimum Gasteiger partial charge on any atom is -0.378 e. The second-order valence-corrected chi connectivity index (χ2v) is 8.13. The molecule has 2 aliphatic rings. The summed E-state index contributed by atoms with van der Waals surface area (Å²) in [6.07, 6.45) is 6.15. The van der Waals surface area contributed by atoms with Crippen molar-refractivity contribution in [3.63, 3.8) is 0 Å². The number of hydrogen-bond donors (Lipinski definition) is 0. The van der Waals surface area contributed by atoms with Gasteiger partial charge in [-0.1, -0.05) is 0 Å². The zero-order chi connectivity index (χ0) is 17.9. The van der Waals surface area contributed by atoms with Crippen molar-refractivity contribution < 1.29 is 4.74 Å². The van der Waals surface area contributed by atoms with Crippen molar-refractivity contribution >= 4 is 28.2 Å². The molecule has 2 aliphatic heterocycles. The van der Waals surface area contributed by atoms with Crippen molar-refractivity contribution in [1.29, 1.82) is 0 Å². The fraction of sp³-hybridized carbons (Fsp3) is 0.611. The third-order valence-electron chi connectivity index (χ3n) is 5.10. The number of aromatic nitrogens is 3. The zero-order valence-electron chi connectivity index (χ0n) is 15.5. The maximum atomic E-state index is 5.44. The number of anilines is 3. The van der Waals surface area contributed by atoms with Gasteiger partial charge in [-0.25, -0.2) is 9.97 Å². The van der Waals surface area contributed by atoms with Gasteiger partial charge in [0.05, 0.1) is 13.2 Å². The molecule has 0 spiro atoms. The molecule has 0 aromatic carbocycles. The summed E-state index contributed by atoms with van der Waals surface area (Å²) in [7, 11) is 2.11. The van der Waals surface area contributed by atoms with E-state index in [2.05, 4.69) is 38.6 Å². The molecule has 0 bridgehead atoms. The first-order valence-electron chi connectivity index (χ1n) is 9.26. The molecule has 8 heteroatoms. The Bertz CT molecular complexity index is 732. The Morgan fingerprint density at radius 1 is 1.19 bits per heavy atom. The molecule has 0 radical (unpaired) electrons. The highest BCUT2D eigenvalue weighted by molar-refractivity contribution is 7.15. The third-order valence-corrected chi connectivity index (χ3v) is 6.08. The molecule has 2 aromatic rings. The minimum absolute atomic E-state index is 0.396. The van der Waals surface area contributed by atoms with Crippen LogP contribution in [0.3, 0.4) is 0 Å². The van der Waals surface area contributed by atoms with Crippen LogP contribution in [0.25, 0.3) is 0 Å². The number of thiazole rings is 1. The van der Waals surface area contributed by atoms with Gasteiger partial charge in [0.25, 0.3) is 0 Å². The molecule has 26 heavy (non-hydrogen) atoms. The van der Waals surface area contributed by atoms with Gasteiger partial charge in [-0.2, -0.15) is 4.98 Å². The third kappa shape index (κ3) is 3.76. The van der Waals surface area contributed by atoms with Crippen molar-refractivity contribution in [2.75, 3.05) is 61.1 Å². The lowest BCUT2D eigenvalue weighted by atomic mass is 10.1. The first kappa shape index (κ1) is 17.5. The van der Waals surface area contributed by atoms with Crippen molar-refractivity contribution in [3.05, 3.63) is 23.3 Å². The van der Waals surface area contributed by atoms with Crippen LogP contribution in [-0.2, 0) is 4.74 Å². The molecular formula is C18H26N6OS. The number of morpholine rings is 1. The maximum absolute atomic E-state index is 5.44. The van der Waals surface area contributed by atoms with Gasteiger partial charge in [0, 0.05) is 56.5 Å². The molecule has 0 aliphatic carbocycles. The van der Waals surface area contributed by atoms with Gasteiger partial charge in [0.15, 0.2) is 5.13 Å². The smallest absolute Gasteiger partial charge is 0.227 e. The number of hydrogen-bond acceptors (Lipinski definition) is 8. The number of nitrogens with zero attached hydrogens (tertiary/aromatic N) is 6. The second kappa shape index (κ2) is 7.75. The first-order chi connectivity index (χ1) is 12.7. The van der Waals surface area contributed by atoms with E-state index in [1.54, 1.807) is 11.3 Å². The van der Waals surface area contributed by atoms with E-state index in [0.29, 0.717) is 6.04 Å². The zero-order valence-corrected chi connectivity index (χ0v) is 16.3. The molecule has 2 saturated heterocycles. The fourth-order valence-electron chi connectivity index (χ4n) is 3.57. The van der Waals surface area contributed by atoms with Gasteiger partial charge in [0.1, 0.15) is 5.82 Å². The van der Waals surface area contributed by atoms with Crippen LogP contribution in [0.1, 0.15) is 17.7 Å². The van der Waals surface area contributed by atoms with Crippen molar-refractivity contribution in [1.82, 2.24) is 15.0 Å². The lowest BCUT2D eigenvalue weighted by Crippen LogP contribution is -2.47. The lowest BCUT2D eigenvalue weighted by molar-refractivity contribution is 0.122. The van der Waals surface area contributed by atoms with Crippen molar-refractivity contribution in [2.24, 2.45) is 0 Å². The predicted octanol–water partition coefficient (Wildman–Crippen LogP) is 2.18. The molecule has 1 atom stereocenters. The SMILES string of the molecule is Cc1cnc(N2CCCC(N(C)c3nccc(N4CCOCC4)n3)C2)s1. The standard InChI is InChI=1S/C18H26N6OS/c1-14-12-20-18(26-14)24-7-3-4-15(13-24)22(2)17-19-6-5-16(21-17)23-8-10-25-11-9-23/h5-6,12,15H,3-4,7-11,13H2,1-2H3. The van der Waals surface area contributed by atoms with Gasteiger partial charge in [-0.05, 0) is 25.8 Å². The van der Waals surface area contributed by atoms with Crippen LogP contribution in [0.4, 0.5) is 16.9 Å². The summed E-state index contributed by atoms with van der Waals surface area (Å²) in [5, 5.41) is 1.13. The molecule has 0 amide bonds. The summed E-state index contributed by atoms with van der Waals surface area (Å²) in [4.78, 5) is 22.1. The molecule has 2 fully saturated rings. The van der Waals surface area contributed by atoms with Crippen LogP contribution in [-0.4, -0.2) is 67.4 Å². The van der Waals surface area contributed by atoms with Crippen LogP contribution in [0.15, 0.2) is 18.5 Å². The summed E-state index contributed by atoms with van der Waals surface area (Å²) in [5.41, 5.74) is 0. The molecule has 0 N–H and O–H groups in total. The fourth-order valence-corrected chi connectivity index (χ4v) is 4.37. The highest BCUT2D eigenvalue weighted by Gasteiger charge is 2.26. The van der Waals surface area contributed by atoms with Gasteiger partial charge in [0.2, 0.25) is 5.95 Å². The van der Waals surface area contributed by atoms with Gasteiger partial charge in [-0.15, -0.1) is 11.3 Å². The van der Waals surface area contributed by atoms with E-state index < -0.39 is 0 Å². The Labute approximate surface area is 158 Å². The molecule has 7 nitrogen and oxygen atoms in total. The van der Waals surface area contributed by atoms with Crippen molar-refractivity contribution in [3.8, 4) is 0 Å². The Morgan fingerprint density at radius 2 is 2.04 bits per heavy atom. The van der Waals surface area contributed by atoms with Crippen LogP contribution < -0.4 is 14.7 Å². The van der Waals surface area contributed by atoms with E-state index in [1.807, 2.05) is 18.5 Å². The first-order valence-corrected chi connectivity index (χ1v) is 10.1. The highest BCUT2D eigenvalue weighted by Crippen LogP contribution is 2.27. The van der Waals surface area contributed by atoms with Crippen LogP contribution in [0, 0.1) is 6.92 Å². The van der Waals surface area contributed by atoms with E-state index in [0.717, 1.165) is 69.1 Å². The number of aryl methyl sites for hydroxylation is 1. The average molecular weight is 375 g/mol. The maximum Gasteiger partial charge on any atom is 0.227 e. The van der Waals surface area contributed by atoms with E-state index in [9.17, 15) is 0 Å². The molecular weight excluding hydrogens is 348 g/mol. The summed E-state index contributed by atoms with van der Waals surface area (Å²) < 4.78 is 5.44. The minimum atomic E-state index is 0.396. The molecule has 2 aromatic heterocycles. The molecule has 4 rings (SSSR count). The number of ether oxygens (including phenoxy) is 1. The number of likely N-dealkylation sites (N-methyl/N-ethyl adjacent to an activating group) is 1.